The summed E-state index contributed by atoms with van der Waals surface area (Å²) in [6.45, 7) is 2.46. The fourth-order valence-corrected chi connectivity index (χ4v) is 4.25. The summed E-state index contributed by atoms with van der Waals surface area (Å²) in [5.74, 6) is 1.00. The zero-order valence-corrected chi connectivity index (χ0v) is 16.3. The van der Waals surface area contributed by atoms with Gasteiger partial charge in [0.15, 0.2) is 11.5 Å². The molecule has 2 aromatic rings. The molecule has 0 bridgehead atoms. The lowest BCUT2D eigenvalue weighted by molar-refractivity contribution is -0.117. The molecule has 2 aromatic carbocycles. The zero-order valence-electron chi connectivity index (χ0n) is 15.5. The van der Waals surface area contributed by atoms with Crippen molar-refractivity contribution in [3.8, 4) is 11.5 Å². The van der Waals surface area contributed by atoms with Crippen molar-refractivity contribution < 1.29 is 22.7 Å². The fraction of sp³-hybridized carbons (Fsp3) is 0.316. The molecule has 1 saturated heterocycles. The van der Waals surface area contributed by atoms with E-state index in [9.17, 15) is 13.2 Å². The van der Waals surface area contributed by atoms with Gasteiger partial charge in [0.05, 0.1) is 24.8 Å². The maximum Gasteiger partial charge on any atom is 0.261 e. The van der Waals surface area contributed by atoms with Crippen LogP contribution in [0.5, 0.6) is 11.5 Å². The molecule has 7 nitrogen and oxygen atoms in total. The lowest BCUT2D eigenvalue weighted by Gasteiger charge is -2.19. The first kappa shape index (κ1) is 19.0. The summed E-state index contributed by atoms with van der Waals surface area (Å²) in [6, 6.07) is 9.55. The minimum absolute atomic E-state index is 0.0668. The molecule has 1 amide bonds. The Morgan fingerprint density at radius 3 is 2.37 bits per heavy atom. The van der Waals surface area contributed by atoms with Crippen molar-refractivity contribution in [3.63, 3.8) is 0 Å². The van der Waals surface area contributed by atoms with Crippen LogP contribution in [0.4, 0.5) is 11.4 Å². The van der Waals surface area contributed by atoms with Crippen LogP contribution < -0.4 is 19.1 Å². The van der Waals surface area contributed by atoms with E-state index in [0.717, 1.165) is 17.7 Å². The lowest BCUT2D eigenvalue weighted by atomic mass is 10.2. The van der Waals surface area contributed by atoms with E-state index < -0.39 is 10.0 Å². The standard InChI is InChI=1S/C19H22N2O5S/c1-13-11-15(7-8-16(13)21-10-4-5-19(21)22)27(23,24)20-14-6-9-17(25-2)18(12-14)26-3/h6-9,11-12,20H,4-5,10H2,1-3H3. The first-order chi connectivity index (χ1) is 12.9. The van der Waals surface area contributed by atoms with Gasteiger partial charge in [-0.2, -0.15) is 0 Å². The molecule has 0 atom stereocenters. The molecule has 1 aliphatic heterocycles. The summed E-state index contributed by atoms with van der Waals surface area (Å²) < 4.78 is 38.4. The maximum absolute atomic E-state index is 12.7. The van der Waals surface area contributed by atoms with E-state index in [4.69, 9.17) is 9.47 Å². The molecule has 0 aromatic heterocycles. The van der Waals surface area contributed by atoms with Crippen molar-refractivity contribution in [3.05, 3.63) is 42.0 Å². The Balaban J connectivity index is 1.87. The van der Waals surface area contributed by atoms with Gasteiger partial charge in [0.1, 0.15) is 0 Å². The van der Waals surface area contributed by atoms with E-state index in [-0.39, 0.29) is 10.8 Å². The van der Waals surface area contributed by atoms with Gasteiger partial charge < -0.3 is 14.4 Å². The molecule has 0 radical (unpaired) electrons. The average Bonchev–Trinajstić information content (AvgIpc) is 3.07. The summed E-state index contributed by atoms with van der Waals surface area (Å²) in [5.41, 5.74) is 1.85. The van der Waals surface area contributed by atoms with Crippen molar-refractivity contribution in [2.45, 2.75) is 24.7 Å². The molecule has 0 aliphatic carbocycles. The van der Waals surface area contributed by atoms with Crippen LogP contribution in [0, 0.1) is 6.92 Å². The molecule has 1 N–H and O–H groups in total. The summed E-state index contributed by atoms with van der Waals surface area (Å²) >= 11 is 0. The number of sulfonamides is 1. The third kappa shape index (κ3) is 3.85. The monoisotopic (exact) mass is 390 g/mol. The predicted molar refractivity (Wildman–Crippen MR) is 103 cm³/mol. The quantitative estimate of drug-likeness (QED) is 0.820. The Morgan fingerprint density at radius 1 is 1.04 bits per heavy atom. The first-order valence-corrected chi connectivity index (χ1v) is 10.00. The van der Waals surface area contributed by atoms with Crippen LogP contribution in [0.15, 0.2) is 41.3 Å². The number of benzene rings is 2. The number of anilines is 2. The number of methoxy groups -OCH3 is 2. The van der Waals surface area contributed by atoms with Gasteiger partial charge in [-0.25, -0.2) is 8.42 Å². The second kappa shape index (κ2) is 7.48. The predicted octanol–water partition coefficient (Wildman–Crippen LogP) is 2.94. The van der Waals surface area contributed by atoms with Crippen LogP contribution in [0.1, 0.15) is 18.4 Å². The summed E-state index contributed by atoms with van der Waals surface area (Å²) in [4.78, 5) is 13.8. The van der Waals surface area contributed by atoms with Crippen LogP contribution in [0.3, 0.4) is 0 Å². The van der Waals surface area contributed by atoms with Crippen molar-refractivity contribution >= 4 is 27.3 Å². The summed E-state index contributed by atoms with van der Waals surface area (Å²) in [6.07, 6.45) is 1.35. The number of ether oxygens (including phenoxy) is 2. The van der Waals surface area contributed by atoms with Gasteiger partial charge in [0.2, 0.25) is 5.91 Å². The highest BCUT2D eigenvalue weighted by molar-refractivity contribution is 7.92. The van der Waals surface area contributed by atoms with Gasteiger partial charge >= 0.3 is 0 Å². The molecule has 1 fully saturated rings. The van der Waals surface area contributed by atoms with Crippen LogP contribution in [-0.2, 0) is 14.8 Å². The number of aryl methyl sites for hydroxylation is 1. The summed E-state index contributed by atoms with van der Waals surface area (Å²) in [5, 5.41) is 0. The molecule has 8 heteroatoms. The fourth-order valence-electron chi connectivity index (χ4n) is 3.11. The van der Waals surface area contributed by atoms with Gasteiger partial charge in [0.25, 0.3) is 10.0 Å². The van der Waals surface area contributed by atoms with Crippen molar-refractivity contribution in [1.82, 2.24) is 0 Å². The Bertz CT molecular complexity index is 972. The Hall–Kier alpha value is -2.74. The average molecular weight is 390 g/mol. The number of rotatable bonds is 6. The molecular formula is C19H22N2O5S. The third-order valence-electron chi connectivity index (χ3n) is 4.48. The number of amides is 1. The SMILES string of the molecule is COc1ccc(NS(=O)(=O)c2ccc(N3CCCC3=O)c(C)c2)cc1OC. The molecule has 0 saturated carbocycles. The smallest absolute Gasteiger partial charge is 0.261 e. The molecule has 144 valence electrons. The van der Waals surface area contributed by atoms with E-state index in [1.807, 2.05) is 0 Å². The second-order valence-electron chi connectivity index (χ2n) is 6.27. The van der Waals surface area contributed by atoms with Gasteiger partial charge in [-0.3, -0.25) is 9.52 Å². The van der Waals surface area contributed by atoms with Crippen LogP contribution in [-0.4, -0.2) is 35.1 Å². The highest BCUT2D eigenvalue weighted by Crippen LogP contribution is 2.32. The van der Waals surface area contributed by atoms with Crippen LogP contribution in [0.25, 0.3) is 0 Å². The number of hydrogen-bond donors (Lipinski definition) is 1. The molecule has 0 unspecified atom stereocenters. The van der Waals surface area contributed by atoms with E-state index in [1.165, 1.54) is 20.3 Å². The highest BCUT2D eigenvalue weighted by Gasteiger charge is 2.24. The summed E-state index contributed by atoms with van der Waals surface area (Å²) in [7, 11) is -0.789. The van der Waals surface area contributed by atoms with Gasteiger partial charge in [-0.15, -0.1) is 0 Å². The maximum atomic E-state index is 12.7. The largest absolute Gasteiger partial charge is 0.493 e. The van der Waals surface area contributed by atoms with E-state index >= 15 is 0 Å². The molecule has 3 rings (SSSR count). The minimum Gasteiger partial charge on any atom is -0.493 e. The van der Waals surface area contributed by atoms with E-state index in [0.29, 0.717) is 30.2 Å². The Labute approximate surface area is 158 Å². The zero-order chi connectivity index (χ0) is 19.6. The topological polar surface area (TPSA) is 84.9 Å². The van der Waals surface area contributed by atoms with Crippen LogP contribution >= 0.6 is 0 Å². The van der Waals surface area contributed by atoms with E-state index in [1.54, 1.807) is 42.2 Å². The van der Waals surface area contributed by atoms with Crippen molar-refractivity contribution in [2.75, 3.05) is 30.4 Å². The number of nitrogens with one attached hydrogen (secondary N) is 1. The van der Waals surface area contributed by atoms with Crippen molar-refractivity contribution in [2.24, 2.45) is 0 Å². The van der Waals surface area contributed by atoms with Gasteiger partial charge in [-0.05, 0) is 49.2 Å². The van der Waals surface area contributed by atoms with Crippen molar-refractivity contribution in [1.29, 1.82) is 0 Å². The molecule has 27 heavy (non-hydrogen) atoms. The number of hydrogen-bond acceptors (Lipinski definition) is 5. The second-order valence-corrected chi connectivity index (χ2v) is 7.95. The van der Waals surface area contributed by atoms with Gasteiger partial charge in [-0.1, -0.05) is 0 Å². The minimum atomic E-state index is -3.78. The molecular weight excluding hydrogens is 368 g/mol. The number of carbonyl (C=O) groups excluding carboxylic acids is 1. The third-order valence-corrected chi connectivity index (χ3v) is 5.86. The first-order valence-electron chi connectivity index (χ1n) is 8.51. The Kier molecular flexibility index (Phi) is 5.27. The highest BCUT2D eigenvalue weighted by atomic mass is 32.2. The van der Waals surface area contributed by atoms with Gasteiger partial charge in [0, 0.05) is 24.7 Å². The normalized spacial score (nSPS) is 14.3. The molecule has 1 aliphatic rings. The number of nitrogens with zero attached hydrogens (tertiary/aromatic N) is 1. The molecule has 0 spiro atoms. The Morgan fingerprint density at radius 2 is 1.78 bits per heavy atom. The molecule has 1 heterocycles. The van der Waals surface area contributed by atoms with E-state index in [2.05, 4.69) is 4.72 Å². The van der Waals surface area contributed by atoms with Crippen LogP contribution in [0.2, 0.25) is 0 Å². The lowest BCUT2D eigenvalue weighted by Crippen LogP contribution is -2.24. The number of carbonyl (C=O) groups is 1.